The summed E-state index contributed by atoms with van der Waals surface area (Å²) in [4.78, 5) is 28.0. The van der Waals surface area contributed by atoms with Crippen molar-refractivity contribution in [2.45, 2.75) is 46.5 Å². The molecule has 38 heavy (non-hydrogen) atoms. The number of ether oxygens (including phenoxy) is 2. The normalized spacial score (nSPS) is 11.1. The third kappa shape index (κ3) is 5.56. The highest BCUT2D eigenvalue weighted by molar-refractivity contribution is 6.04. The number of aromatic nitrogens is 4. The fraction of sp³-hybridized carbons (Fsp3) is 0.379. The summed E-state index contributed by atoms with van der Waals surface area (Å²) in [5.41, 5.74) is 2.18. The summed E-state index contributed by atoms with van der Waals surface area (Å²) in [5, 5.41) is 9.20. The van der Waals surface area contributed by atoms with E-state index >= 15 is 0 Å². The van der Waals surface area contributed by atoms with Crippen molar-refractivity contribution >= 4 is 17.0 Å². The number of unbranched alkanes of at least 4 members (excludes halogenated alkanes) is 2. The minimum absolute atomic E-state index is 0.278. The summed E-state index contributed by atoms with van der Waals surface area (Å²) >= 11 is 0. The molecule has 0 saturated heterocycles. The fourth-order valence-electron chi connectivity index (χ4n) is 4.37. The predicted octanol–water partition coefficient (Wildman–Crippen LogP) is 5.41. The van der Waals surface area contributed by atoms with Crippen LogP contribution >= 0.6 is 0 Å². The number of aromatic amines is 1. The Balaban J connectivity index is 1.94. The number of amidine groups is 1. The van der Waals surface area contributed by atoms with Crippen molar-refractivity contribution in [2.75, 3.05) is 26.8 Å². The Morgan fingerprint density at radius 1 is 1.00 bits per heavy atom. The van der Waals surface area contributed by atoms with Gasteiger partial charge in [-0.15, -0.1) is 0 Å². The van der Waals surface area contributed by atoms with Gasteiger partial charge in [0.2, 0.25) is 0 Å². The second kappa shape index (κ2) is 12.4. The standard InChI is InChI=1S/C29H36N6O3/c1-5-8-18-34(19-9-6-2)26(30)24-25-28(33-27(31-24)20-14-16-21(17-15-20)38-7-3)35(29(36)32-25)22-12-10-11-13-23(22)37-4/h10-17,30H,5-9,18-19H2,1-4H3,(H,32,36). The van der Waals surface area contributed by atoms with Crippen molar-refractivity contribution < 1.29 is 9.47 Å². The Morgan fingerprint density at radius 2 is 1.68 bits per heavy atom. The highest BCUT2D eigenvalue weighted by Crippen LogP contribution is 2.28. The Bertz CT molecular complexity index is 1430. The number of fused-ring (bicyclic) bond motifs is 1. The zero-order valence-corrected chi connectivity index (χ0v) is 22.6. The van der Waals surface area contributed by atoms with Crippen LogP contribution in [0.1, 0.15) is 52.1 Å². The van der Waals surface area contributed by atoms with Crippen LogP contribution in [0.3, 0.4) is 0 Å². The first-order chi connectivity index (χ1) is 18.5. The number of hydrogen-bond acceptors (Lipinski definition) is 6. The lowest BCUT2D eigenvalue weighted by molar-refractivity contribution is 0.340. The van der Waals surface area contributed by atoms with Gasteiger partial charge in [-0.2, -0.15) is 0 Å². The van der Waals surface area contributed by atoms with Gasteiger partial charge in [-0.05, 0) is 56.2 Å². The minimum atomic E-state index is -0.370. The molecule has 0 fully saturated rings. The SMILES string of the molecule is CCCCN(CCCC)C(=N)c1nc(-c2ccc(OCC)cc2)nc2c1[nH]c(=O)n2-c1ccccc1OC. The van der Waals surface area contributed by atoms with Crippen molar-refractivity contribution in [1.29, 1.82) is 5.41 Å². The van der Waals surface area contributed by atoms with Crippen LogP contribution in [0.5, 0.6) is 11.5 Å². The van der Waals surface area contributed by atoms with Crippen LogP contribution in [0, 0.1) is 5.41 Å². The molecular formula is C29H36N6O3. The average Bonchev–Trinajstić information content (AvgIpc) is 3.28. The van der Waals surface area contributed by atoms with Crippen LogP contribution < -0.4 is 15.2 Å². The lowest BCUT2D eigenvalue weighted by Gasteiger charge is -2.25. The Labute approximate surface area is 223 Å². The maximum absolute atomic E-state index is 13.3. The minimum Gasteiger partial charge on any atom is -0.495 e. The second-order valence-corrected chi connectivity index (χ2v) is 9.03. The molecule has 0 amide bonds. The molecule has 0 bridgehead atoms. The maximum atomic E-state index is 13.3. The number of methoxy groups -OCH3 is 1. The van der Waals surface area contributed by atoms with E-state index < -0.39 is 0 Å². The van der Waals surface area contributed by atoms with Crippen molar-refractivity contribution in [3.8, 4) is 28.6 Å². The molecule has 4 aromatic rings. The topological polar surface area (TPSA) is 109 Å². The molecule has 0 saturated carbocycles. The van der Waals surface area contributed by atoms with Gasteiger partial charge in [0.05, 0.1) is 19.4 Å². The van der Waals surface area contributed by atoms with E-state index in [9.17, 15) is 10.2 Å². The number of nitrogens with zero attached hydrogens (tertiary/aromatic N) is 4. The number of rotatable bonds is 12. The smallest absolute Gasteiger partial charge is 0.332 e. The molecule has 0 radical (unpaired) electrons. The molecule has 0 unspecified atom stereocenters. The van der Waals surface area contributed by atoms with E-state index in [4.69, 9.17) is 19.4 Å². The molecule has 2 heterocycles. The van der Waals surface area contributed by atoms with Crippen LogP contribution in [0.4, 0.5) is 0 Å². The lowest BCUT2D eigenvalue weighted by Crippen LogP contribution is -2.34. The summed E-state index contributed by atoms with van der Waals surface area (Å²) in [6, 6.07) is 14.8. The van der Waals surface area contributed by atoms with Crippen LogP contribution in [-0.2, 0) is 0 Å². The highest BCUT2D eigenvalue weighted by atomic mass is 16.5. The molecule has 2 aromatic heterocycles. The van der Waals surface area contributed by atoms with E-state index in [0.29, 0.717) is 40.7 Å². The van der Waals surface area contributed by atoms with E-state index in [1.807, 2.05) is 49.4 Å². The quantitative estimate of drug-likeness (QED) is 0.192. The Kier molecular flexibility index (Phi) is 8.78. The van der Waals surface area contributed by atoms with Crippen molar-refractivity contribution in [2.24, 2.45) is 0 Å². The van der Waals surface area contributed by atoms with Gasteiger partial charge in [0.15, 0.2) is 11.5 Å². The summed E-state index contributed by atoms with van der Waals surface area (Å²) in [5.74, 6) is 2.00. The summed E-state index contributed by atoms with van der Waals surface area (Å²) in [7, 11) is 1.57. The second-order valence-electron chi connectivity index (χ2n) is 9.03. The predicted molar refractivity (Wildman–Crippen MR) is 151 cm³/mol. The largest absolute Gasteiger partial charge is 0.495 e. The molecular weight excluding hydrogens is 480 g/mol. The number of benzene rings is 2. The lowest BCUT2D eigenvalue weighted by atomic mass is 10.2. The maximum Gasteiger partial charge on any atom is 0.332 e. The van der Waals surface area contributed by atoms with Gasteiger partial charge in [-0.1, -0.05) is 38.8 Å². The third-order valence-corrected chi connectivity index (χ3v) is 6.39. The number of hydrogen-bond donors (Lipinski definition) is 2. The van der Waals surface area contributed by atoms with Gasteiger partial charge < -0.3 is 19.4 Å². The molecule has 0 aliphatic carbocycles. The van der Waals surface area contributed by atoms with Gasteiger partial charge in [0.25, 0.3) is 0 Å². The van der Waals surface area contributed by atoms with Crippen molar-refractivity contribution in [1.82, 2.24) is 24.4 Å². The van der Waals surface area contributed by atoms with Crippen molar-refractivity contribution in [3.05, 3.63) is 64.7 Å². The summed E-state index contributed by atoms with van der Waals surface area (Å²) < 4.78 is 12.6. The number of imidazole rings is 1. The van der Waals surface area contributed by atoms with Crippen LogP contribution in [-0.4, -0.2) is 57.1 Å². The Morgan fingerprint density at radius 3 is 2.32 bits per heavy atom. The van der Waals surface area contributed by atoms with E-state index in [1.165, 1.54) is 4.57 Å². The molecule has 0 atom stereocenters. The monoisotopic (exact) mass is 516 g/mol. The first-order valence-corrected chi connectivity index (χ1v) is 13.3. The Hall–Kier alpha value is -4.14. The molecule has 9 heteroatoms. The molecule has 2 N–H and O–H groups in total. The zero-order chi connectivity index (χ0) is 27.1. The highest BCUT2D eigenvalue weighted by Gasteiger charge is 2.23. The molecule has 2 aromatic carbocycles. The van der Waals surface area contributed by atoms with Crippen LogP contribution in [0.25, 0.3) is 28.2 Å². The molecule has 0 spiro atoms. The van der Waals surface area contributed by atoms with Crippen LogP contribution in [0.15, 0.2) is 53.3 Å². The van der Waals surface area contributed by atoms with Gasteiger partial charge >= 0.3 is 5.69 Å². The average molecular weight is 517 g/mol. The van der Waals surface area contributed by atoms with Gasteiger partial charge in [0, 0.05) is 18.7 Å². The van der Waals surface area contributed by atoms with E-state index in [2.05, 4.69) is 23.7 Å². The van der Waals surface area contributed by atoms with E-state index in [0.717, 1.165) is 50.1 Å². The van der Waals surface area contributed by atoms with E-state index in [1.54, 1.807) is 13.2 Å². The molecule has 9 nitrogen and oxygen atoms in total. The zero-order valence-electron chi connectivity index (χ0n) is 22.6. The first kappa shape index (κ1) is 26.9. The number of nitrogens with one attached hydrogen (secondary N) is 2. The van der Waals surface area contributed by atoms with Gasteiger partial charge in [-0.3, -0.25) is 5.41 Å². The molecule has 4 rings (SSSR count). The third-order valence-electron chi connectivity index (χ3n) is 6.39. The van der Waals surface area contributed by atoms with Gasteiger partial charge in [-0.25, -0.2) is 19.3 Å². The summed E-state index contributed by atoms with van der Waals surface area (Å²) in [6.07, 6.45) is 3.97. The fourth-order valence-corrected chi connectivity index (χ4v) is 4.37. The number of H-pyrrole nitrogens is 1. The van der Waals surface area contributed by atoms with Crippen LogP contribution in [0.2, 0.25) is 0 Å². The molecule has 200 valence electrons. The molecule has 0 aliphatic heterocycles. The van der Waals surface area contributed by atoms with E-state index in [-0.39, 0.29) is 11.5 Å². The molecule has 0 aliphatic rings. The van der Waals surface area contributed by atoms with Crippen molar-refractivity contribution in [3.63, 3.8) is 0 Å². The summed E-state index contributed by atoms with van der Waals surface area (Å²) in [6.45, 7) is 8.28. The van der Waals surface area contributed by atoms with Gasteiger partial charge in [0.1, 0.15) is 28.5 Å². The number of para-hydroxylation sites is 2. The first-order valence-electron chi connectivity index (χ1n) is 13.3.